The summed E-state index contributed by atoms with van der Waals surface area (Å²) >= 11 is 0. The maximum absolute atomic E-state index is 13.3. The van der Waals surface area contributed by atoms with Crippen molar-refractivity contribution in [3.8, 4) is 17.1 Å². The van der Waals surface area contributed by atoms with E-state index in [0.29, 0.717) is 18.4 Å². The van der Waals surface area contributed by atoms with E-state index in [9.17, 15) is 24.6 Å². The number of carbonyl (C=O) groups excluding carboxylic acids is 2. The molecule has 2 aliphatic carbocycles. The zero-order valence-corrected chi connectivity index (χ0v) is 22.8. The lowest BCUT2D eigenvalue weighted by atomic mass is 9.42. The van der Waals surface area contributed by atoms with Gasteiger partial charge >= 0.3 is 17.6 Å². The second-order valence-corrected chi connectivity index (χ2v) is 11.9. The van der Waals surface area contributed by atoms with E-state index in [2.05, 4.69) is 4.98 Å². The summed E-state index contributed by atoms with van der Waals surface area (Å²) in [5.74, 6) is -1.58. The lowest BCUT2D eigenvalue weighted by Crippen LogP contribution is -2.71. The van der Waals surface area contributed by atoms with Crippen LogP contribution in [0, 0.1) is 22.7 Å². The molecule has 10 nitrogen and oxygen atoms in total. The predicted octanol–water partition coefficient (Wildman–Crippen LogP) is 3.18. The van der Waals surface area contributed by atoms with Gasteiger partial charge in [0.05, 0.1) is 12.2 Å². The maximum Gasteiger partial charge on any atom is 0.345 e. The van der Waals surface area contributed by atoms with E-state index in [1.807, 2.05) is 13.8 Å². The first-order valence-electron chi connectivity index (χ1n) is 13.3. The molecular formula is C29H35NO9. The zero-order valence-electron chi connectivity index (χ0n) is 22.8. The van der Waals surface area contributed by atoms with Gasteiger partial charge in [0.2, 0.25) is 0 Å². The highest BCUT2D eigenvalue weighted by atomic mass is 16.6. The molecule has 2 aromatic rings. The fourth-order valence-electron chi connectivity index (χ4n) is 7.69. The van der Waals surface area contributed by atoms with E-state index in [4.69, 9.17) is 18.6 Å². The summed E-state index contributed by atoms with van der Waals surface area (Å²) in [6.45, 7) is 8.28. The van der Waals surface area contributed by atoms with Crippen molar-refractivity contribution in [3.05, 3.63) is 46.6 Å². The highest BCUT2D eigenvalue weighted by Crippen LogP contribution is 2.67. The summed E-state index contributed by atoms with van der Waals surface area (Å²) < 4.78 is 23.2. The van der Waals surface area contributed by atoms with Crippen molar-refractivity contribution in [2.24, 2.45) is 22.7 Å². The maximum atomic E-state index is 13.3. The third kappa shape index (κ3) is 4.24. The van der Waals surface area contributed by atoms with Crippen molar-refractivity contribution in [3.63, 3.8) is 0 Å². The second kappa shape index (κ2) is 9.45. The molecule has 0 aromatic carbocycles. The number of carbonyl (C=O) groups is 2. The van der Waals surface area contributed by atoms with Crippen LogP contribution < -0.4 is 10.4 Å². The smallest absolute Gasteiger partial charge is 0.345 e. The Morgan fingerprint density at radius 3 is 2.56 bits per heavy atom. The summed E-state index contributed by atoms with van der Waals surface area (Å²) in [6.07, 6.45) is 1.46. The summed E-state index contributed by atoms with van der Waals surface area (Å²) in [5.41, 5.74) is -2.94. The normalized spacial score (nSPS) is 36.9. The molecule has 3 aliphatic rings. The molecule has 0 radical (unpaired) electrons. The number of hydrogen-bond acceptors (Lipinski definition) is 10. The number of rotatable bonds is 4. The number of aliphatic hydroxyl groups is 2. The third-order valence-corrected chi connectivity index (χ3v) is 9.45. The van der Waals surface area contributed by atoms with E-state index in [1.54, 1.807) is 37.5 Å². The number of esters is 2. The lowest BCUT2D eigenvalue weighted by Gasteiger charge is -2.66. The van der Waals surface area contributed by atoms with Gasteiger partial charge in [0.25, 0.3) is 0 Å². The molecule has 210 valence electrons. The molecule has 10 heteroatoms. The van der Waals surface area contributed by atoms with Crippen molar-refractivity contribution in [2.45, 2.75) is 77.8 Å². The van der Waals surface area contributed by atoms with Gasteiger partial charge in [-0.1, -0.05) is 13.8 Å². The minimum Gasteiger partial charge on any atom is -0.484 e. The minimum atomic E-state index is -1.30. The Kier molecular flexibility index (Phi) is 6.62. The van der Waals surface area contributed by atoms with E-state index in [0.717, 1.165) is 0 Å². The minimum absolute atomic E-state index is 0.00277. The van der Waals surface area contributed by atoms with Gasteiger partial charge in [-0.15, -0.1) is 0 Å². The Morgan fingerprint density at radius 2 is 1.92 bits per heavy atom. The average Bonchev–Trinajstić information content (AvgIpc) is 2.86. The summed E-state index contributed by atoms with van der Waals surface area (Å²) in [4.78, 5) is 41.1. The van der Waals surface area contributed by atoms with Crippen molar-refractivity contribution < 1.29 is 38.4 Å². The van der Waals surface area contributed by atoms with E-state index >= 15 is 0 Å². The number of pyridine rings is 1. The summed E-state index contributed by atoms with van der Waals surface area (Å²) in [5, 5.41) is 23.5. The van der Waals surface area contributed by atoms with Gasteiger partial charge in [-0.2, -0.15) is 0 Å². The standard InChI is InChI=1S/C29H35NO9/c1-15(31)36-14-28(4)20-12-21(33)29(5)25(27(20,3)9-8-22(28)37-16(2)32)24(34)23-19(39-29)11-18(38-26(23)35)17-7-6-10-30-13-17/h6-7,10-11,13,20-22,24-25,33-34H,8-9,12,14H2,1-5H3/t20?,21-,22-,24-,25?,27-,28-,29+/m0/s1. The molecule has 0 bridgehead atoms. The van der Waals surface area contributed by atoms with Crippen molar-refractivity contribution in [1.82, 2.24) is 4.98 Å². The molecule has 3 heterocycles. The molecule has 2 N–H and O–H groups in total. The molecule has 5 rings (SSSR count). The van der Waals surface area contributed by atoms with Gasteiger partial charge in [-0.3, -0.25) is 14.6 Å². The highest BCUT2D eigenvalue weighted by Gasteiger charge is 2.69. The van der Waals surface area contributed by atoms with Crippen LogP contribution in [0.3, 0.4) is 0 Å². The SMILES string of the molecule is CC(=O)OC[C@@]1(C)C2C[C@H](O)[C@@]3(C)Oc4cc(-c5cccnc5)oc(=O)c4[C@H](O)C3[C@@]2(C)CC[C@@H]1OC(C)=O. The molecular weight excluding hydrogens is 506 g/mol. The van der Waals surface area contributed by atoms with Gasteiger partial charge in [0, 0.05) is 49.2 Å². The Labute approximate surface area is 226 Å². The van der Waals surface area contributed by atoms with Gasteiger partial charge < -0.3 is 28.8 Å². The largest absolute Gasteiger partial charge is 0.484 e. The van der Waals surface area contributed by atoms with Crippen LogP contribution in [-0.2, 0) is 19.1 Å². The molecule has 0 saturated heterocycles. The number of hydrogen-bond donors (Lipinski definition) is 2. The van der Waals surface area contributed by atoms with Crippen LogP contribution >= 0.6 is 0 Å². The average molecular weight is 542 g/mol. The quantitative estimate of drug-likeness (QED) is 0.554. The predicted molar refractivity (Wildman–Crippen MR) is 137 cm³/mol. The topological polar surface area (TPSA) is 145 Å². The number of fused-ring (bicyclic) bond motifs is 4. The van der Waals surface area contributed by atoms with Crippen molar-refractivity contribution in [2.75, 3.05) is 6.61 Å². The molecule has 2 unspecified atom stereocenters. The molecule has 8 atom stereocenters. The van der Waals surface area contributed by atoms with Gasteiger partial charge in [-0.05, 0) is 49.7 Å². The number of nitrogens with zero attached hydrogens (tertiary/aromatic N) is 1. The fraction of sp³-hybridized carbons (Fsp3) is 0.586. The van der Waals surface area contributed by atoms with Crippen LogP contribution in [0.25, 0.3) is 11.3 Å². The third-order valence-electron chi connectivity index (χ3n) is 9.45. The van der Waals surface area contributed by atoms with Crippen LogP contribution in [0.2, 0.25) is 0 Å². The second-order valence-electron chi connectivity index (χ2n) is 11.9. The first kappa shape index (κ1) is 27.3. The Bertz CT molecular complexity index is 1340. The number of aromatic nitrogens is 1. The highest BCUT2D eigenvalue weighted by molar-refractivity contribution is 5.67. The van der Waals surface area contributed by atoms with Crippen LogP contribution in [0.15, 0.2) is 39.8 Å². The Morgan fingerprint density at radius 1 is 1.18 bits per heavy atom. The van der Waals surface area contributed by atoms with Crippen LogP contribution in [0.4, 0.5) is 0 Å². The van der Waals surface area contributed by atoms with E-state index in [1.165, 1.54) is 13.8 Å². The first-order chi connectivity index (χ1) is 18.3. The monoisotopic (exact) mass is 541 g/mol. The van der Waals surface area contributed by atoms with E-state index < -0.39 is 58.2 Å². The van der Waals surface area contributed by atoms with Gasteiger partial charge in [-0.25, -0.2) is 4.79 Å². The molecule has 0 spiro atoms. The summed E-state index contributed by atoms with van der Waals surface area (Å²) in [6, 6.07) is 5.02. The van der Waals surface area contributed by atoms with Crippen molar-refractivity contribution >= 4 is 11.9 Å². The zero-order chi connectivity index (χ0) is 28.3. The number of aliphatic hydroxyl groups excluding tert-OH is 2. The molecule has 0 amide bonds. The Balaban J connectivity index is 1.61. The number of ether oxygens (including phenoxy) is 3. The van der Waals surface area contributed by atoms with Crippen LogP contribution in [-0.4, -0.2) is 51.6 Å². The molecule has 2 saturated carbocycles. The fourth-order valence-corrected chi connectivity index (χ4v) is 7.69. The van der Waals surface area contributed by atoms with Crippen LogP contribution in [0.1, 0.15) is 65.5 Å². The molecule has 2 fully saturated rings. The first-order valence-corrected chi connectivity index (χ1v) is 13.3. The van der Waals surface area contributed by atoms with Crippen LogP contribution in [0.5, 0.6) is 5.75 Å². The van der Waals surface area contributed by atoms with Gasteiger partial charge in [0.1, 0.15) is 35.4 Å². The van der Waals surface area contributed by atoms with Crippen molar-refractivity contribution in [1.29, 1.82) is 0 Å². The molecule has 2 aromatic heterocycles. The lowest BCUT2D eigenvalue weighted by molar-refractivity contribution is -0.267. The summed E-state index contributed by atoms with van der Waals surface area (Å²) in [7, 11) is 0. The van der Waals surface area contributed by atoms with Gasteiger partial charge in [0.15, 0.2) is 0 Å². The molecule has 39 heavy (non-hydrogen) atoms. The Hall–Kier alpha value is -3.24. The van der Waals surface area contributed by atoms with E-state index in [-0.39, 0.29) is 36.0 Å². The molecule has 1 aliphatic heterocycles.